The average molecular weight is 495 g/mol. The molecule has 1 fully saturated rings. The molecule has 1 aliphatic rings. The summed E-state index contributed by atoms with van der Waals surface area (Å²) in [7, 11) is 0. The van der Waals surface area contributed by atoms with Gasteiger partial charge in [0.05, 0.1) is 35.5 Å². The minimum absolute atomic E-state index is 0.0237. The number of amides is 1. The van der Waals surface area contributed by atoms with E-state index in [1.807, 2.05) is 0 Å². The number of aromatic nitrogens is 3. The van der Waals surface area contributed by atoms with E-state index in [1.54, 1.807) is 6.92 Å². The second-order valence-electron chi connectivity index (χ2n) is 8.44. The summed E-state index contributed by atoms with van der Waals surface area (Å²) >= 11 is 6.24. The smallest absolute Gasteiger partial charge is 0.352 e. The molecule has 1 amide bonds. The zero-order valence-corrected chi connectivity index (χ0v) is 19.9. The van der Waals surface area contributed by atoms with Gasteiger partial charge in [0.25, 0.3) is 11.5 Å². The van der Waals surface area contributed by atoms with Crippen molar-refractivity contribution in [1.29, 1.82) is 0 Å². The number of aliphatic hydroxyl groups excluding tert-OH is 2. The van der Waals surface area contributed by atoms with Crippen molar-refractivity contribution in [3.8, 4) is 5.69 Å². The Morgan fingerprint density at radius 1 is 1.24 bits per heavy atom. The number of rotatable bonds is 9. The van der Waals surface area contributed by atoms with Crippen molar-refractivity contribution in [1.82, 2.24) is 19.7 Å². The monoisotopic (exact) mass is 494 g/mol. The van der Waals surface area contributed by atoms with Crippen molar-refractivity contribution in [2.45, 2.75) is 64.3 Å². The van der Waals surface area contributed by atoms with Crippen molar-refractivity contribution in [2.75, 3.05) is 13.2 Å². The van der Waals surface area contributed by atoms with Gasteiger partial charge in [-0.2, -0.15) is 9.78 Å². The van der Waals surface area contributed by atoms with Crippen molar-refractivity contribution in [3.63, 3.8) is 0 Å². The van der Waals surface area contributed by atoms with Gasteiger partial charge in [0, 0.05) is 12.5 Å². The van der Waals surface area contributed by atoms with Gasteiger partial charge >= 0.3 is 5.69 Å². The number of carbonyl (C=O) groups is 1. The zero-order chi connectivity index (χ0) is 24.7. The molecule has 10 nitrogen and oxygen atoms in total. The second-order valence-corrected chi connectivity index (χ2v) is 8.84. The van der Waals surface area contributed by atoms with Crippen LogP contribution in [0.15, 0.2) is 34.0 Å². The molecule has 1 heterocycles. The molecule has 1 aromatic carbocycles. The van der Waals surface area contributed by atoms with Gasteiger partial charge in [-0.25, -0.2) is 4.79 Å². The average Bonchev–Trinajstić information content (AvgIpc) is 3.11. The minimum Gasteiger partial charge on any atom is -0.389 e. The summed E-state index contributed by atoms with van der Waals surface area (Å²) in [6.07, 6.45) is 4.84. The number of benzene rings is 1. The van der Waals surface area contributed by atoms with Gasteiger partial charge in [-0.1, -0.05) is 37.3 Å². The van der Waals surface area contributed by atoms with Crippen molar-refractivity contribution in [2.24, 2.45) is 5.92 Å². The first-order valence-electron chi connectivity index (χ1n) is 11.6. The Bertz CT molecular complexity index is 1090. The second kappa shape index (κ2) is 12.3. The van der Waals surface area contributed by atoms with Crippen LogP contribution >= 0.6 is 11.6 Å². The normalized spacial score (nSPS) is 16.6. The fraction of sp³-hybridized carbons (Fsp3) is 0.565. The fourth-order valence-corrected chi connectivity index (χ4v) is 4.28. The summed E-state index contributed by atoms with van der Waals surface area (Å²) in [6.45, 7) is 1.85. The highest BCUT2D eigenvalue weighted by molar-refractivity contribution is 6.33. The van der Waals surface area contributed by atoms with E-state index < -0.39 is 29.5 Å². The molecule has 2 unspecified atom stereocenters. The number of aliphatic hydroxyl groups is 2. The molecular formula is C23H31ClN4O6. The van der Waals surface area contributed by atoms with E-state index in [4.69, 9.17) is 16.3 Å². The molecule has 34 heavy (non-hydrogen) atoms. The van der Waals surface area contributed by atoms with E-state index in [-0.39, 0.29) is 35.3 Å². The third-order valence-corrected chi connectivity index (χ3v) is 6.26. The van der Waals surface area contributed by atoms with Crippen LogP contribution in [-0.4, -0.2) is 56.0 Å². The maximum absolute atomic E-state index is 12.9. The van der Waals surface area contributed by atoms with E-state index in [9.17, 15) is 24.6 Å². The standard InChI is InChI=1S/C23H31ClN4O6/c1-2-34-14-17(29)13-27-20(30)12-25-28(23(27)33)16-9-10-19(24)18(11-16)22(32)26-21(31)15-7-5-3-4-6-8-15/h9-12,15,17,21,29,31H,2-8,13-14H2,1H3,(H,26,32). The molecule has 1 aromatic heterocycles. The van der Waals surface area contributed by atoms with Crippen molar-refractivity contribution >= 4 is 17.5 Å². The van der Waals surface area contributed by atoms with Crippen LogP contribution in [0.1, 0.15) is 55.8 Å². The summed E-state index contributed by atoms with van der Waals surface area (Å²) in [5.41, 5.74) is -1.18. The molecular weight excluding hydrogens is 464 g/mol. The third kappa shape index (κ3) is 6.53. The lowest BCUT2D eigenvalue weighted by molar-refractivity contribution is 0.0320. The first-order valence-corrected chi connectivity index (χ1v) is 11.9. The Balaban J connectivity index is 1.84. The lowest BCUT2D eigenvalue weighted by Crippen LogP contribution is -2.43. The van der Waals surface area contributed by atoms with Crippen LogP contribution in [-0.2, 0) is 11.3 Å². The lowest BCUT2D eigenvalue weighted by atomic mass is 9.98. The van der Waals surface area contributed by atoms with Crippen LogP contribution in [0.4, 0.5) is 0 Å². The summed E-state index contributed by atoms with van der Waals surface area (Å²) in [5, 5.41) is 27.3. The van der Waals surface area contributed by atoms with Crippen LogP contribution in [0.5, 0.6) is 0 Å². The third-order valence-electron chi connectivity index (χ3n) is 5.93. The molecule has 0 radical (unpaired) electrons. The van der Waals surface area contributed by atoms with Gasteiger partial charge in [-0.15, -0.1) is 0 Å². The maximum Gasteiger partial charge on any atom is 0.352 e. The number of nitrogens with zero attached hydrogens (tertiary/aromatic N) is 3. The maximum atomic E-state index is 12.9. The lowest BCUT2D eigenvalue weighted by Gasteiger charge is -2.22. The van der Waals surface area contributed by atoms with E-state index in [1.165, 1.54) is 18.2 Å². The van der Waals surface area contributed by atoms with Crippen LogP contribution in [0, 0.1) is 5.92 Å². The summed E-state index contributed by atoms with van der Waals surface area (Å²) < 4.78 is 6.93. The number of halogens is 1. The Kier molecular flexibility index (Phi) is 9.40. The summed E-state index contributed by atoms with van der Waals surface area (Å²) in [6, 6.07) is 4.30. The topological polar surface area (TPSA) is 136 Å². The molecule has 0 bridgehead atoms. The molecule has 2 atom stereocenters. The first-order chi connectivity index (χ1) is 16.3. The Labute approximate surface area is 202 Å². The number of hydrogen-bond acceptors (Lipinski definition) is 7. The van der Waals surface area contributed by atoms with Gasteiger partial charge in [-0.3, -0.25) is 14.2 Å². The Morgan fingerprint density at radius 3 is 2.62 bits per heavy atom. The van der Waals surface area contributed by atoms with Crippen LogP contribution in [0.25, 0.3) is 5.69 Å². The van der Waals surface area contributed by atoms with Gasteiger partial charge in [0.1, 0.15) is 12.4 Å². The molecule has 186 valence electrons. The molecule has 11 heteroatoms. The predicted molar refractivity (Wildman–Crippen MR) is 126 cm³/mol. The number of nitrogens with one attached hydrogen (secondary N) is 1. The van der Waals surface area contributed by atoms with Crippen LogP contribution in [0.2, 0.25) is 5.02 Å². The zero-order valence-electron chi connectivity index (χ0n) is 19.2. The van der Waals surface area contributed by atoms with E-state index in [0.717, 1.165) is 54.0 Å². The van der Waals surface area contributed by atoms with Crippen LogP contribution < -0.4 is 16.6 Å². The van der Waals surface area contributed by atoms with Crippen LogP contribution in [0.3, 0.4) is 0 Å². The number of carbonyl (C=O) groups excluding carboxylic acids is 1. The molecule has 0 saturated heterocycles. The van der Waals surface area contributed by atoms with Gasteiger partial charge in [0.15, 0.2) is 0 Å². The Hall–Kier alpha value is -2.53. The minimum atomic E-state index is -1.06. The molecule has 1 saturated carbocycles. The highest BCUT2D eigenvalue weighted by Gasteiger charge is 2.24. The predicted octanol–water partition coefficient (Wildman–Crippen LogP) is 1.46. The number of hydrogen-bond donors (Lipinski definition) is 3. The first kappa shape index (κ1) is 26.1. The van der Waals surface area contributed by atoms with Gasteiger partial charge in [-0.05, 0) is 38.0 Å². The fourth-order valence-electron chi connectivity index (χ4n) is 4.07. The molecule has 2 aromatic rings. The van der Waals surface area contributed by atoms with Gasteiger partial charge in [0.2, 0.25) is 0 Å². The summed E-state index contributed by atoms with van der Waals surface area (Å²) in [4.78, 5) is 38.0. The molecule has 0 aliphatic heterocycles. The highest BCUT2D eigenvalue weighted by atomic mass is 35.5. The SMILES string of the molecule is CCOCC(O)Cn1c(=O)cnn(-c2ccc(Cl)c(C(=O)NC(O)C3CCCCCC3)c2)c1=O. The van der Waals surface area contributed by atoms with E-state index in [0.29, 0.717) is 6.61 Å². The molecule has 3 N–H and O–H groups in total. The molecule has 1 aliphatic carbocycles. The van der Waals surface area contributed by atoms with E-state index in [2.05, 4.69) is 10.4 Å². The van der Waals surface area contributed by atoms with Crippen molar-refractivity contribution < 1.29 is 19.7 Å². The quantitative estimate of drug-likeness (QED) is 0.354. The summed E-state index contributed by atoms with van der Waals surface area (Å²) in [5.74, 6) is -0.596. The molecule has 0 spiro atoms. The van der Waals surface area contributed by atoms with Crippen molar-refractivity contribution in [3.05, 3.63) is 55.8 Å². The Morgan fingerprint density at radius 2 is 1.94 bits per heavy atom. The van der Waals surface area contributed by atoms with Gasteiger partial charge < -0.3 is 20.3 Å². The highest BCUT2D eigenvalue weighted by Crippen LogP contribution is 2.25. The number of ether oxygens (including phenoxy) is 1. The largest absolute Gasteiger partial charge is 0.389 e. The molecule has 3 rings (SSSR count). The van der Waals surface area contributed by atoms with E-state index >= 15 is 0 Å².